The first-order chi connectivity index (χ1) is 8.25. The van der Waals surface area contributed by atoms with Crippen LogP contribution < -0.4 is 5.32 Å². The summed E-state index contributed by atoms with van der Waals surface area (Å²) >= 11 is 2.19. The SMILES string of the molecule is Cc1[nH]ncc1CCCNc1ncc(I)cn1. The highest BCUT2D eigenvalue weighted by atomic mass is 127. The first kappa shape index (κ1) is 12.3. The van der Waals surface area contributed by atoms with Crippen LogP contribution in [0.15, 0.2) is 18.6 Å². The summed E-state index contributed by atoms with van der Waals surface area (Å²) in [6, 6.07) is 0. The van der Waals surface area contributed by atoms with Gasteiger partial charge in [-0.1, -0.05) is 0 Å². The second-order valence-electron chi connectivity index (χ2n) is 3.78. The van der Waals surface area contributed by atoms with Crippen molar-refractivity contribution in [2.75, 3.05) is 11.9 Å². The Kier molecular flexibility index (Phi) is 4.29. The Morgan fingerprint density at radius 2 is 2.06 bits per heavy atom. The van der Waals surface area contributed by atoms with E-state index in [1.54, 1.807) is 12.4 Å². The molecule has 0 aromatic carbocycles. The number of H-pyrrole nitrogens is 1. The summed E-state index contributed by atoms with van der Waals surface area (Å²) in [6.45, 7) is 2.91. The van der Waals surface area contributed by atoms with Crippen molar-refractivity contribution >= 4 is 28.5 Å². The molecule has 0 atom stereocenters. The third-order valence-electron chi connectivity index (χ3n) is 2.46. The predicted octanol–water partition coefficient (Wildman–Crippen LogP) is 2.16. The van der Waals surface area contributed by atoms with E-state index in [-0.39, 0.29) is 0 Å². The summed E-state index contributed by atoms with van der Waals surface area (Å²) in [6.07, 6.45) is 7.54. The number of aromatic nitrogens is 4. The lowest BCUT2D eigenvalue weighted by atomic mass is 10.1. The van der Waals surface area contributed by atoms with Gasteiger partial charge in [0.15, 0.2) is 0 Å². The quantitative estimate of drug-likeness (QED) is 0.645. The van der Waals surface area contributed by atoms with Crippen LogP contribution in [0.3, 0.4) is 0 Å². The molecule has 17 heavy (non-hydrogen) atoms. The van der Waals surface area contributed by atoms with E-state index in [9.17, 15) is 0 Å². The Hall–Kier alpha value is -1.18. The molecule has 2 rings (SSSR count). The third kappa shape index (κ3) is 3.65. The molecule has 0 bridgehead atoms. The number of nitrogens with one attached hydrogen (secondary N) is 2. The van der Waals surface area contributed by atoms with Gasteiger partial charge in [-0.25, -0.2) is 9.97 Å². The van der Waals surface area contributed by atoms with Crippen LogP contribution in [0.25, 0.3) is 0 Å². The van der Waals surface area contributed by atoms with Gasteiger partial charge < -0.3 is 5.32 Å². The van der Waals surface area contributed by atoms with Crippen LogP contribution in [-0.4, -0.2) is 26.7 Å². The minimum absolute atomic E-state index is 0.689. The molecule has 0 amide bonds. The van der Waals surface area contributed by atoms with Crippen molar-refractivity contribution in [1.82, 2.24) is 20.2 Å². The first-order valence-corrected chi connectivity index (χ1v) is 6.54. The third-order valence-corrected chi connectivity index (χ3v) is 3.02. The molecule has 2 aromatic heterocycles. The first-order valence-electron chi connectivity index (χ1n) is 5.46. The average Bonchev–Trinajstić information content (AvgIpc) is 2.73. The normalized spacial score (nSPS) is 10.5. The van der Waals surface area contributed by atoms with Crippen molar-refractivity contribution < 1.29 is 0 Å². The molecule has 0 spiro atoms. The molecule has 90 valence electrons. The number of hydrogen-bond acceptors (Lipinski definition) is 4. The number of hydrogen-bond donors (Lipinski definition) is 2. The van der Waals surface area contributed by atoms with Gasteiger partial charge in [0.25, 0.3) is 0 Å². The summed E-state index contributed by atoms with van der Waals surface area (Å²) in [5, 5.41) is 10.1. The standard InChI is InChI=1S/C11H14IN5/c1-8-9(5-16-17-8)3-2-4-13-11-14-6-10(12)7-15-11/h5-7H,2-4H2,1H3,(H,16,17)(H,13,14,15). The van der Waals surface area contributed by atoms with Gasteiger partial charge >= 0.3 is 0 Å². The van der Waals surface area contributed by atoms with Crippen molar-refractivity contribution in [3.05, 3.63) is 33.4 Å². The Morgan fingerprint density at radius 1 is 1.29 bits per heavy atom. The largest absolute Gasteiger partial charge is 0.354 e. The molecular formula is C11H14IN5. The molecule has 6 heteroatoms. The number of anilines is 1. The molecule has 0 radical (unpaired) electrons. The lowest BCUT2D eigenvalue weighted by Crippen LogP contribution is -2.06. The fourth-order valence-electron chi connectivity index (χ4n) is 1.51. The van der Waals surface area contributed by atoms with E-state index in [2.05, 4.69) is 48.1 Å². The molecule has 2 heterocycles. The average molecular weight is 343 g/mol. The number of aryl methyl sites for hydroxylation is 2. The Bertz CT molecular complexity index is 465. The zero-order valence-electron chi connectivity index (χ0n) is 9.57. The van der Waals surface area contributed by atoms with Gasteiger partial charge in [0.2, 0.25) is 5.95 Å². The molecule has 0 saturated carbocycles. The van der Waals surface area contributed by atoms with E-state index >= 15 is 0 Å². The summed E-state index contributed by atoms with van der Waals surface area (Å²) in [4.78, 5) is 8.36. The maximum atomic E-state index is 4.18. The van der Waals surface area contributed by atoms with Gasteiger partial charge in [-0.15, -0.1) is 0 Å². The Morgan fingerprint density at radius 3 is 2.71 bits per heavy atom. The number of rotatable bonds is 5. The van der Waals surface area contributed by atoms with E-state index in [1.165, 1.54) is 5.56 Å². The Labute approximate surface area is 114 Å². The second-order valence-corrected chi connectivity index (χ2v) is 5.02. The van der Waals surface area contributed by atoms with Crippen LogP contribution in [0.5, 0.6) is 0 Å². The van der Waals surface area contributed by atoms with Gasteiger partial charge in [0, 0.05) is 28.2 Å². The molecule has 2 aromatic rings. The zero-order chi connectivity index (χ0) is 12.1. The Balaban J connectivity index is 1.73. The van der Waals surface area contributed by atoms with Crippen LogP contribution in [0.2, 0.25) is 0 Å². The lowest BCUT2D eigenvalue weighted by Gasteiger charge is -2.03. The molecular weight excluding hydrogens is 329 g/mol. The van der Waals surface area contributed by atoms with Gasteiger partial charge in [0.1, 0.15) is 0 Å². The highest BCUT2D eigenvalue weighted by Gasteiger charge is 2.00. The van der Waals surface area contributed by atoms with Crippen LogP contribution in [0.1, 0.15) is 17.7 Å². The van der Waals surface area contributed by atoms with Crippen molar-refractivity contribution in [2.24, 2.45) is 0 Å². The summed E-state index contributed by atoms with van der Waals surface area (Å²) in [7, 11) is 0. The second kappa shape index (κ2) is 5.95. The van der Waals surface area contributed by atoms with Crippen LogP contribution in [-0.2, 0) is 6.42 Å². The molecule has 0 saturated heterocycles. The van der Waals surface area contributed by atoms with Gasteiger partial charge in [-0.2, -0.15) is 5.10 Å². The van der Waals surface area contributed by atoms with Crippen LogP contribution in [0.4, 0.5) is 5.95 Å². The van der Waals surface area contributed by atoms with Crippen LogP contribution in [0, 0.1) is 10.5 Å². The fourth-order valence-corrected chi connectivity index (χ4v) is 1.79. The number of aromatic amines is 1. The van der Waals surface area contributed by atoms with E-state index in [1.807, 2.05) is 13.1 Å². The summed E-state index contributed by atoms with van der Waals surface area (Å²) in [5.41, 5.74) is 2.42. The molecule has 0 unspecified atom stereocenters. The monoisotopic (exact) mass is 343 g/mol. The zero-order valence-corrected chi connectivity index (χ0v) is 11.7. The van der Waals surface area contributed by atoms with Crippen molar-refractivity contribution in [2.45, 2.75) is 19.8 Å². The highest BCUT2D eigenvalue weighted by Crippen LogP contribution is 2.06. The van der Waals surface area contributed by atoms with Crippen LogP contribution >= 0.6 is 22.6 Å². The van der Waals surface area contributed by atoms with Crippen molar-refractivity contribution in [1.29, 1.82) is 0 Å². The van der Waals surface area contributed by atoms with E-state index in [0.29, 0.717) is 5.95 Å². The molecule has 0 aliphatic heterocycles. The smallest absolute Gasteiger partial charge is 0.222 e. The minimum Gasteiger partial charge on any atom is -0.354 e. The predicted molar refractivity (Wildman–Crippen MR) is 74.9 cm³/mol. The van der Waals surface area contributed by atoms with Gasteiger partial charge in [-0.3, -0.25) is 5.10 Å². The molecule has 0 aliphatic rings. The topological polar surface area (TPSA) is 66.5 Å². The summed E-state index contributed by atoms with van der Waals surface area (Å²) < 4.78 is 1.04. The van der Waals surface area contributed by atoms with Crippen molar-refractivity contribution in [3.8, 4) is 0 Å². The van der Waals surface area contributed by atoms with Crippen molar-refractivity contribution in [3.63, 3.8) is 0 Å². The number of halogens is 1. The molecule has 0 fully saturated rings. The molecule has 2 N–H and O–H groups in total. The minimum atomic E-state index is 0.689. The van der Waals surface area contributed by atoms with E-state index < -0.39 is 0 Å². The number of nitrogens with zero attached hydrogens (tertiary/aromatic N) is 3. The maximum absolute atomic E-state index is 4.18. The van der Waals surface area contributed by atoms with E-state index in [0.717, 1.165) is 28.7 Å². The van der Waals surface area contributed by atoms with Gasteiger partial charge in [0.05, 0.1) is 6.20 Å². The summed E-state index contributed by atoms with van der Waals surface area (Å²) in [5.74, 6) is 0.689. The molecule has 5 nitrogen and oxygen atoms in total. The highest BCUT2D eigenvalue weighted by molar-refractivity contribution is 14.1. The molecule has 0 aliphatic carbocycles. The maximum Gasteiger partial charge on any atom is 0.222 e. The van der Waals surface area contributed by atoms with Gasteiger partial charge in [-0.05, 0) is 47.9 Å². The van der Waals surface area contributed by atoms with E-state index in [4.69, 9.17) is 0 Å². The lowest BCUT2D eigenvalue weighted by molar-refractivity contribution is 0.847. The fraction of sp³-hybridized carbons (Fsp3) is 0.364.